The molecule has 0 bridgehead atoms. The Morgan fingerprint density at radius 2 is 2.25 bits per heavy atom. The van der Waals surface area contributed by atoms with E-state index >= 15 is 0 Å². The number of amides is 1. The molecule has 0 aliphatic rings. The highest BCUT2D eigenvalue weighted by molar-refractivity contribution is 5.77. The highest BCUT2D eigenvalue weighted by Gasteiger charge is 2.17. The fourth-order valence-electron chi connectivity index (χ4n) is 1.56. The van der Waals surface area contributed by atoms with Gasteiger partial charge in [-0.1, -0.05) is 6.92 Å². The predicted molar refractivity (Wildman–Crippen MR) is 67.9 cm³/mol. The number of nitrogens with zero attached hydrogens (tertiary/aromatic N) is 4. The third-order valence-corrected chi connectivity index (χ3v) is 2.78. The molecule has 0 fully saturated rings. The maximum absolute atomic E-state index is 11.8. The van der Waals surface area contributed by atoms with Gasteiger partial charge in [0.05, 0.1) is 10.8 Å². The van der Waals surface area contributed by atoms with E-state index in [0.717, 1.165) is 6.20 Å². The maximum Gasteiger partial charge on any atom is 0.308 e. The number of rotatable bonds is 7. The zero-order valence-corrected chi connectivity index (χ0v) is 11.2. The molecule has 0 spiro atoms. The lowest BCUT2D eigenvalue weighted by Gasteiger charge is -2.19. The molecule has 1 amide bonds. The van der Waals surface area contributed by atoms with Gasteiger partial charge in [-0.3, -0.25) is 24.4 Å². The lowest BCUT2D eigenvalue weighted by molar-refractivity contribution is -0.385. The molecule has 1 aromatic heterocycles. The molecule has 0 radical (unpaired) electrons. The number of aromatic nitrogens is 2. The Morgan fingerprint density at radius 3 is 2.75 bits per heavy atom. The summed E-state index contributed by atoms with van der Waals surface area (Å²) in [6, 6.07) is 0. The van der Waals surface area contributed by atoms with Gasteiger partial charge in [-0.2, -0.15) is 5.10 Å². The van der Waals surface area contributed by atoms with Gasteiger partial charge in [-0.25, -0.2) is 0 Å². The fraction of sp³-hybridized carbons (Fsp3) is 0.545. The molecule has 0 aliphatic carbocycles. The number of nitro groups is 1. The number of carbonyl (C=O) groups is 2. The molecule has 0 saturated heterocycles. The summed E-state index contributed by atoms with van der Waals surface area (Å²) in [4.78, 5) is 33.7. The van der Waals surface area contributed by atoms with Crippen LogP contribution >= 0.6 is 0 Å². The summed E-state index contributed by atoms with van der Waals surface area (Å²) < 4.78 is 1.31. The number of carboxylic acids is 1. The number of carboxylic acid groups (broad SMARTS) is 1. The molecule has 1 aromatic rings. The molecule has 1 rings (SSSR count). The lowest BCUT2D eigenvalue weighted by atomic mass is 10.1. The second-order valence-corrected chi connectivity index (χ2v) is 4.48. The van der Waals surface area contributed by atoms with Crippen molar-refractivity contribution in [3.63, 3.8) is 0 Å². The van der Waals surface area contributed by atoms with Crippen molar-refractivity contribution in [3.05, 3.63) is 22.5 Å². The van der Waals surface area contributed by atoms with Crippen LogP contribution in [-0.4, -0.2) is 50.2 Å². The summed E-state index contributed by atoms with van der Waals surface area (Å²) in [5.41, 5.74) is -0.134. The number of carbonyl (C=O) groups excluding carboxylic acids is 1. The number of hydrogen-bond acceptors (Lipinski definition) is 5. The summed E-state index contributed by atoms with van der Waals surface area (Å²) in [5, 5.41) is 23.0. The van der Waals surface area contributed by atoms with Gasteiger partial charge < -0.3 is 10.0 Å². The van der Waals surface area contributed by atoms with Crippen molar-refractivity contribution in [2.75, 3.05) is 13.6 Å². The van der Waals surface area contributed by atoms with Gasteiger partial charge in [0.2, 0.25) is 5.91 Å². The normalized spacial score (nSPS) is 11.9. The van der Waals surface area contributed by atoms with Crippen LogP contribution in [0.4, 0.5) is 5.69 Å². The van der Waals surface area contributed by atoms with Gasteiger partial charge in [-0.05, 0) is 0 Å². The third-order valence-electron chi connectivity index (χ3n) is 2.78. The molecular weight excluding hydrogens is 268 g/mol. The Hall–Kier alpha value is -2.45. The van der Waals surface area contributed by atoms with E-state index in [9.17, 15) is 19.7 Å². The number of aryl methyl sites for hydroxylation is 1. The number of hydrogen-bond donors (Lipinski definition) is 1. The smallest absolute Gasteiger partial charge is 0.308 e. The molecule has 1 heterocycles. The summed E-state index contributed by atoms with van der Waals surface area (Å²) in [6.07, 6.45) is 2.45. The summed E-state index contributed by atoms with van der Waals surface area (Å²) in [6.45, 7) is 1.84. The maximum atomic E-state index is 11.8. The Balaban J connectivity index is 2.45. The molecule has 0 aliphatic heterocycles. The second kappa shape index (κ2) is 6.64. The molecule has 20 heavy (non-hydrogen) atoms. The third kappa shape index (κ3) is 4.34. The van der Waals surface area contributed by atoms with Crippen LogP contribution in [0.25, 0.3) is 0 Å². The zero-order chi connectivity index (χ0) is 15.3. The first kappa shape index (κ1) is 15.6. The second-order valence-electron chi connectivity index (χ2n) is 4.48. The van der Waals surface area contributed by atoms with E-state index in [1.807, 2.05) is 0 Å². The van der Waals surface area contributed by atoms with Gasteiger partial charge in [0.25, 0.3) is 0 Å². The molecule has 9 nitrogen and oxygen atoms in total. The first-order chi connectivity index (χ1) is 9.31. The minimum atomic E-state index is -0.965. The van der Waals surface area contributed by atoms with Crippen molar-refractivity contribution < 1.29 is 19.6 Å². The monoisotopic (exact) mass is 284 g/mol. The summed E-state index contributed by atoms with van der Waals surface area (Å²) in [5.74, 6) is -1.85. The molecule has 1 N–H and O–H groups in total. The minimum Gasteiger partial charge on any atom is -0.481 e. The Bertz CT molecular complexity index is 513. The molecular formula is C11H16N4O5. The Kier molecular flexibility index (Phi) is 5.18. The molecule has 0 saturated carbocycles. The first-order valence-electron chi connectivity index (χ1n) is 5.95. The minimum absolute atomic E-state index is 0.0989. The molecule has 110 valence electrons. The summed E-state index contributed by atoms with van der Waals surface area (Å²) in [7, 11) is 1.52. The average Bonchev–Trinajstić information content (AvgIpc) is 2.84. The molecule has 1 atom stereocenters. The topological polar surface area (TPSA) is 119 Å². The standard InChI is InChI=1S/C11H16N4O5/c1-8(11(17)18)6-13(2)10(16)3-4-14-7-9(5-12-14)15(19)20/h5,7-8H,3-4,6H2,1-2H3,(H,17,18). The van der Waals surface area contributed by atoms with Gasteiger partial charge >= 0.3 is 11.7 Å². The van der Waals surface area contributed by atoms with Crippen molar-refractivity contribution >= 4 is 17.6 Å². The van der Waals surface area contributed by atoms with E-state index in [1.165, 1.54) is 29.7 Å². The van der Waals surface area contributed by atoms with E-state index < -0.39 is 16.8 Å². The van der Waals surface area contributed by atoms with Crippen molar-refractivity contribution in [1.82, 2.24) is 14.7 Å². The van der Waals surface area contributed by atoms with Crippen LogP contribution in [0.5, 0.6) is 0 Å². The van der Waals surface area contributed by atoms with Crippen LogP contribution in [0.1, 0.15) is 13.3 Å². The van der Waals surface area contributed by atoms with Crippen molar-refractivity contribution in [2.45, 2.75) is 19.9 Å². The van der Waals surface area contributed by atoms with Crippen LogP contribution in [0.15, 0.2) is 12.4 Å². The van der Waals surface area contributed by atoms with Crippen molar-refractivity contribution in [2.24, 2.45) is 5.92 Å². The summed E-state index contributed by atoms with van der Waals surface area (Å²) >= 11 is 0. The van der Waals surface area contributed by atoms with Gasteiger partial charge in [0, 0.05) is 26.6 Å². The Labute approximate surface area is 114 Å². The molecule has 9 heteroatoms. The quantitative estimate of drug-likeness (QED) is 0.570. The Morgan fingerprint density at radius 1 is 1.60 bits per heavy atom. The largest absolute Gasteiger partial charge is 0.481 e. The van der Waals surface area contributed by atoms with Crippen LogP contribution in [0.3, 0.4) is 0 Å². The molecule has 1 unspecified atom stereocenters. The first-order valence-corrected chi connectivity index (χ1v) is 5.95. The zero-order valence-electron chi connectivity index (χ0n) is 11.2. The van der Waals surface area contributed by atoms with Crippen LogP contribution < -0.4 is 0 Å². The number of aliphatic carboxylic acids is 1. The van der Waals surface area contributed by atoms with Gasteiger partial charge in [0.15, 0.2) is 0 Å². The van der Waals surface area contributed by atoms with E-state index in [0.29, 0.717) is 0 Å². The fourth-order valence-corrected chi connectivity index (χ4v) is 1.56. The SMILES string of the molecule is CC(CN(C)C(=O)CCn1cc([N+](=O)[O-])cn1)C(=O)O. The van der Waals surface area contributed by atoms with Crippen LogP contribution in [0, 0.1) is 16.0 Å². The van der Waals surface area contributed by atoms with E-state index in [2.05, 4.69) is 5.10 Å². The average molecular weight is 284 g/mol. The van der Waals surface area contributed by atoms with E-state index in [4.69, 9.17) is 5.11 Å². The van der Waals surface area contributed by atoms with E-state index in [-0.39, 0.29) is 31.1 Å². The lowest BCUT2D eigenvalue weighted by Crippen LogP contribution is -2.34. The van der Waals surface area contributed by atoms with Crippen LogP contribution in [0.2, 0.25) is 0 Å². The van der Waals surface area contributed by atoms with Crippen molar-refractivity contribution in [1.29, 1.82) is 0 Å². The van der Waals surface area contributed by atoms with Crippen molar-refractivity contribution in [3.8, 4) is 0 Å². The highest BCUT2D eigenvalue weighted by Crippen LogP contribution is 2.08. The van der Waals surface area contributed by atoms with Crippen LogP contribution in [-0.2, 0) is 16.1 Å². The predicted octanol–water partition coefficient (Wildman–Crippen LogP) is 0.360. The van der Waals surface area contributed by atoms with Gasteiger partial charge in [-0.15, -0.1) is 0 Å². The van der Waals surface area contributed by atoms with E-state index in [1.54, 1.807) is 0 Å². The molecule has 0 aromatic carbocycles. The van der Waals surface area contributed by atoms with Gasteiger partial charge in [0.1, 0.15) is 12.4 Å². The highest BCUT2D eigenvalue weighted by atomic mass is 16.6.